The second-order valence-electron chi connectivity index (χ2n) is 4.94. The largest absolute Gasteiger partial charge is 0.486 e. The molecule has 1 amide bonds. The van der Waals surface area contributed by atoms with Gasteiger partial charge in [0.2, 0.25) is 5.91 Å². The first kappa shape index (κ1) is 15.0. The third-order valence-corrected chi connectivity index (χ3v) is 3.29. The third-order valence-electron chi connectivity index (χ3n) is 3.29. The van der Waals surface area contributed by atoms with E-state index in [1.807, 2.05) is 18.2 Å². The molecule has 5 nitrogen and oxygen atoms in total. The molecular formula is C16H13F2N3O2. The first-order valence-electron chi connectivity index (χ1n) is 6.85. The van der Waals surface area contributed by atoms with Crippen LogP contribution in [0.2, 0.25) is 0 Å². The summed E-state index contributed by atoms with van der Waals surface area (Å²) in [5.41, 5.74) is 5.74. The van der Waals surface area contributed by atoms with E-state index in [1.165, 1.54) is 4.57 Å². The van der Waals surface area contributed by atoms with Gasteiger partial charge in [0, 0.05) is 12.1 Å². The molecule has 1 aromatic heterocycles. The predicted molar refractivity (Wildman–Crippen MR) is 79.6 cm³/mol. The van der Waals surface area contributed by atoms with E-state index in [0.29, 0.717) is 11.6 Å². The maximum Gasteiger partial charge on any atom is 0.237 e. The summed E-state index contributed by atoms with van der Waals surface area (Å²) in [4.78, 5) is 15.5. The van der Waals surface area contributed by atoms with Gasteiger partial charge < -0.3 is 15.0 Å². The number of primary amides is 1. The summed E-state index contributed by atoms with van der Waals surface area (Å²) in [7, 11) is 0. The van der Waals surface area contributed by atoms with Gasteiger partial charge in [0.15, 0.2) is 11.6 Å². The number of para-hydroxylation sites is 1. The van der Waals surface area contributed by atoms with E-state index in [9.17, 15) is 13.6 Å². The molecule has 0 aliphatic heterocycles. The molecule has 2 N–H and O–H groups in total. The lowest BCUT2D eigenvalue weighted by molar-refractivity contribution is -0.118. The summed E-state index contributed by atoms with van der Waals surface area (Å²) in [6.45, 7) is -0.162. The summed E-state index contributed by atoms with van der Waals surface area (Å²) < 4.78 is 33.8. The Kier molecular flexibility index (Phi) is 3.92. The number of amides is 1. The van der Waals surface area contributed by atoms with Crippen LogP contribution in [0.3, 0.4) is 0 Å². The number of halogens is 2. The van der Waals surface area contributed by atoms with E-state index >= 15 is 0 Å². The second-order valence-corrected chi connectivity index (χ2v) is 4.94. The summed E-state index contributed by atoms with van der Waals surface area (Å²) in [6, 6.07) is 11.0. The Morgan fingerprint density at radius 2 is 1.87 bits per heavy atom. The van der Waals surface area contributed by atoms with Crippen molar-refractivity contribution in [2.45, 2.75) is 13.2 Å². The maximum atomic E-state index is 13.5. The van der Waals surface area contributed by atoms with Crippen LogP contribution in [0.1, 0.15) is 5.82 Å². The van der Waals surface area contributed by atoms with Gasteiger partial charge in [-0.25, -0.2) is 13.8 Å². The van der Waals surface area contributed by atoms with Gasteiger partial charge in [0.1, 0.15) is 24.7 Å². The fourth-order valence-corrected chi connectivity index (χ4v) is 2.28. The molecule has 23 heavy (non-hydrogen) atoms. The molecule has 0 saturated carbocycles. The minimum absolute atomic E-state index is 0.0369. The number of benzene rings is 2. The number of carbonyl (C=O) groups is 1. The monoisotopic (exact) mass is 317 g/mol. The molecule has 0 saturated heterocycles. The first-order valence-corrected chi connectivity index (χ1v) is 6.85. The van der Waals surface area contributed by atoms with Crippen molar-refractivity contribution in [1.82, 2.24) is 9.55 Å². The molecule has 0 fully saturated rings. The number of hydrogen-bond donors (Lipinski definition) is 1. The van der Waals surface area contributed by atoms with Crippen LogP contribution in [0.4, 0.5) is 8.78 Å². The standard InChI is InChI=1S/C16H13F2N3O2/c17-11-6-13-14(7-12(11)18)21(8-15(19)22)16(20-13)9-23-10-4-2-1-3-5-10/h1-7H,8-9H2,(H2,19,22). The Bertz CT molecular complexity index is 863. The van der Waals surface area contributed by atoms with Gasteiger partial charge >= 0.3 is 0 Å². The third kappa shape index (κ3) is 3.13. The fourth-order valence-electron chi connectivity index (χ4n) is 2.28. The molecule has 0 spiro atoms. The van der Waals surface area contributed by atoms with Crippen molar-refractivity contribution in [1.29, 1.82) is 0 Å². The van der Waals surface area contributed by atoms with E-state index in [1.54, 1.807) is 12.1 Å². The van der Waals surface area contributed by atoms with Gasteiger partial charge in [-0.05, 0) is 12.1 Å². The number of rotatable bonds is 5. The lowest BCUT2D eigenvalue weighted by Gasteiger charge is -2.08. The van der Waals surface area contributed by atoms with E-state index in [2.05, 4.69) is 4.98 Å². The van der Waals surface area contributed by atoms with Crippen LogP contribution in [0.5, 0.6) is 5.75 Å². The van der Waals surface area contributed by atoms with Crippen molar-refractivity contribution in [2.75, 3.05) is 0 Å². The number of ether oxygens (including phenoxy) is 1. The Hall–Kier alpha value is -2.96. The van der Waals surface area contributed by atoms with Crippen molar-refractivity contribution in [3.05, 3.63) is 59.9 Å². The maximum absolute atomic E-state index is 13.5. The highest BCUT2D eigenvalue weighted by Gasteiger charge is 2.16. The molecule has 118 valence electrons. The molecule has 3 rings (SSSR count). The van der Waals surface area contributed by atoms with Gasteiger partial charge in [0.25, 0.3) is 0 Å². The molecule has 7 heteroatoms. The molecule has 0 bridgehead atoms. The number of imidazole rings is 1. The molecule has 2 aromatic carbocycles. The lowest BCUT2D eigenvalue weighted by atomic mass is 10.3. The van der Waals surface area contributed by atoms with Crippen LogP contribution in [0.15, 0.2) is 42.5 Å². The van der Waals surface area contributed by atoms with Gasteiger partial charge in [-0.1, -0.05) is 18.2 Å². The summed E-state index contributed by atoms with van der Waals surface area (Å²) in [5.74, 6) is -1.67. The number of hydrogen-bond acceptors (Lipinski definition) is 3. The Morgan fingerprint density at radius 1 is 1.17 bits per heavy atom. The van der Waals surface area contributed by atoms with E-state index < -0.39 is 17.5 Å². The van der Waals surface area contributed by atoms with Crippen LogP contribution in [-0.2, 0) is 17.9 Å². The van der Waals surface area contributed by atoms with E-state index in [4.69, 9.17) is 10.5 Å². The lowest BCUT2D eigenvalue weighted by Crippen LogP contribution is -2.20. The molecule has 0 aliphatic carbocycles. The van der Waals surface area contributed by atoms with Crippen molar-refractivity contribution in [2.24, 2.45) is 5.73 Å². The average molecular weight is 317 g/mol. The van der Waals surface area contributed by atoms with Crippen LogP contribution in [0.25, 0.3) is 11.0 Å². The molecule has 0 atom stereocenters. The molecule has 0 radical (unpaired) electrons. The van der Waals surface area contributed by atoms with Crippen molar-refractivity contribution >= 4 is 16.9 Å². The predicted octanol–water partition coefficient (Wildman–Crippen LogP) is 2.38. The minimum Gasteiger partial charge on any atom is -0.486 e. The SMILES string of the molecule is NC(=O)Cn1c(COc2ccccc2)nc2cc(F)c(F)cc21. The number of carbonyl (C=O) groups excluding carboxylic acids is 1. The van der Waals surface area contributed by atoms with Gasteiger partial charge in [-0.15, -0.1) is 0 Å². The highest BCUT2D eigenvalue weighted by atomic mass is 19.2. The zero-order valence-electron chi connectivity index (χ0n) is 12.0. The van der Waals surface area contributed by atoms with E-state index in [0.717, 1.165) is 12.1 Å². The molecule has 1 heterocycles. The second kappa shape index (κ2) is 6.04. The summed E-state index contributed by atoms with van der Waals surface area (Å²) in [6.07, 6.45) is 0. The Labute approximate surface area is 130 Å². The Balaban J connectivity index is 1.99. The van der Waals surface area contributed by atoms with Gasteiger partial charge in [-0.2, -0.15) is 0 Å². The van der Waals surface area contributed by atoms with Crippen LogP contribution in [-0.4, -0.2) is 15.5 Å². The minimum atomic E-state index is -1.02. The van der Waals surface area contributed by atoms with E-state index in [-0.39, 0.29) is 24.2 Å². The van der Waals surface area contributed by atoms with Crippen molar-refractivity contribution in [3.63, 3.8) is 0 Å². The molecular weight excluding hydrogens is 304 g/mol. The van der Waals surface area contributed by atoms with Crippen LogP contribution < -0.4 is 10.5 Å². The number of fused-ring (bicyclic) bond motifs is 1. The molecule has 3 aromatic rings. The molecule has 0 aliphatic rings. The number of nitrogens with zero attached hydrogens (tertiary/aromatic N) is 2. The van der Waals surface area contributed by atoms with Crippen LogP contribution in [0, 0.1) is 11.6 Å². The van der Waals surface area contributed by atoms with Gasteiger partial charge in [0.05, 0.1) is 11.0 Å². The number of nitrogens with two attached hydrogens (primary N) is 1. The first-order chi connectivity index (χ1) is 11.0. The topological polar surface area (TPSA) is 70.1 Å². The summed E-state index contributed by atoms with van der Waals surface area (Å²) in [5, 5.41) is 0. The molecule has 0 unspecified atom stereocenters. The van der Waals surface area contributed by atoms with Crippen molar-refractivity contribution < 1.29 is 18.3 Å². The quantitative estimate of drug-likeness (QED) is 0.785. The average Bonchev–Trinajstić information content (AvgIpc) is 2.83. The highest BCUT2D eigenvalue weighted by molar-refractivity contribution is 5.80. The normalized spacial score (nSPS) is 10.9. The fraction of sp³-hybridized carbons (Fsp3) is 0.125. The highest BCUT2D eigenvalue weighted by Crippen LogP contribution is 2.21. The summed E-state index contributed by atoms with van der Waals surface area (Å²) >= 11 is 0. The zero-order valence-corrected chi connectivity index (χ0v) is 12.0. The van der Waals surface area contributed by atoms with Crippen LogP contribution >= 0.6 is 0 Å². The Morgan fingerprint density at radius 3 is 2.57 bits per heavy atom. The van der Waals surface area contributed by atoms with Gasteiger partial charge in [-0.3, -0.25) is 4.79 Å². The number of aromatic nitrogens is 2. The zero-order chi connectivity index (χ0) is 16.4. The smallest absolute Gasteiger partial charge is 0.237 e. The van der Waals surface area contributed by atoms with Crippen molar-refractivity contribution in [3.8, 4) is 5.75 Å².